The van der Waals surface area contributed by atoms with E-state index in [2.05, 4.69) is 20.9 Å². The number of rotatable bonds is 2. The van der Waals surface area contributed by atoms with Crippen LogP contribution < -0.4 is 4.74 Å². The Balaban J connectivity index is 2.20. The molecule has 0 bridgehead atoms. The Morgan fingerprint density at radius 2 is 2.06 bits per heavy atom. The lowest BCUT2D eigenvalue weighted by Crippen LogP contribution is -1.88. The molecule has 0 saturated carbocycles. The number of pyridine rings is 1. The van der Waals surface area contributed by atoms with Gasteiger partial charge in [0, 0.05) is 16.7 Å². The van der Waals surface area contributed by atoms with Crippen LogP contribution in [0.5, 0.6) is 11.6 Å². The van der Waals surface area contributed by atoms with Crippen molar-refractivity contribution in [3.05, 3.63) is 51.6 Å². The molecule has 0 spiro atoms. The van der Waals surface area contributed by atoms with Crippen molar-refractivity contribution in [2.24, 2.45) is 0 Å². The predicted octanol–water partition coefficient (Wildman–Crippen LogP) is 4.60. The minimum absolute atomic E-state index is 0.533. The number of ether oxygens (including phenoxy) is 1. The average Bonchev–Trinajstić information content (AvgIpc) is 2.27. The summed E-state index contributed by atoms with van der Waals surface area (Å²) in [6.07, 6.45) is 1.56. The van der Waals surface area contributed by atoms with Gasteiger partial charge in [-0.05, 0) is 36.8 Å². The third-order valence-corrected chi connectivity index (χ3v) is 3.17. The van der Waals surface area contributed by atoms with E-state index in [0.29, 0.717) is 10.9 Å². The smallest absolute Gasteiger partial charge is 0.219 e. The molecular weight excluding hydrogens is 289 g/mol. The Bertz CT molecular complexity index is 499. The molecule has 0 atom stereocenters. The summed E-state index contributed by atoms with van der Waals surface area (Å²) in [5.74, 6) is 1.29. The molecule has 1 aromatic carbocycles. The van der Waals surface area contributed by atoms with Crippen LogP contribution in [0.4, 0.5) is 0 Å². The third kappa shape index (κ3) is 2.74. The van der Waals surface area contributed by atoms with Crippen molar-refractivity contribution >= 4 is 27.5 Å². The number of hydrogen-bond acceptors (Lipinski definition) is 2. The van der Waals surface area contributed by atoms with Gasteiger partial charge in [-0.2, -0.15) is 0 Å². The van der Waals surface area contributed by atoms with Gasteiger partial charge in [0.25, 0.3) is 0 Å². The average molecular weight is 299 g/mol. The van der Waals surface area contributed by atoms with Crippen molar-refractivity contribution in [3.63, 3.8) is 0 Å². The Labute approximate surface area is 107 Å². The molecule has 0 aliphatic rings. The topological polar surface area (TPSA) is 22.1 Å². The molecule has 0 N–H and O–H groups in total. The second-order valence-electron chi connectivity index (χ2n) is 3.33. The summed E-state index contributed by atoms with van der Waals surface area (Å²) in [4.78, 5) is 4.06. The molecule has 0 saturated heterocycles. The highest BCUT2D eigenvalue weighted by molar-refractivity contribution is 9.10. The van der Waals surface area contributed by atoms with E-state index in [1.165, 1.54) is 0 Å². The summed E-state index contributed by atoms with van der Waals surface area (Å²) in [6.45, 7) is 2.01. The van der Waals surface area contributed by atoms with Gasteiger partial charge < -0.3 is 4.74 Å². The van der Waals surface area contributed by atoms with Gasteiger partial charge in [-0.25, -0.2) is 4.98 Å². The van der Waals surface area contributed by atoms with Crippen molar-refractivity contribution in [3.8, 4) is 11.6 Å². The molecule has 4 heteroatoms. The first-order valence-electron chi connectivity index (χ1n) is 4.71. The summed E-state index contributed by atoms with van der Waals surface area (Å²) in [7, 11) is 0. The first-order chi connectivity index (χ1) is 7.65. The quantitative estimate of drug-likeness (QED) is 0.808. The Kier molecular flexibility index (Phi) is 3.46. The van der Waals surface area contributed by atoms with E-state index < -0.39 is 0 Å². The molecule has 1 aromatic heterocycles. The lowest BCUT2D eigenvalue weighted by molar-refractivity contribution is 0.462. The standard InChI is InChI=1S/C12H9BrClNO/c1-8-6-10(3-4-11(8)13)16-12-5-2-9(14)7-15-12/h2-7H,1H3. The molecule has 0 aliphatic carbocycles. The fourth-order valence-corrected chi connectivity index (χ4v) is 1.58. The van der Waals surface area contributed by atoms with Crippen LogP contribution in [-0.2, 0) is 0 Å². The van der Waals surface area contributed by atoms with Crippen molar-refractivity contribution in [1.29, 1.82) is 0 Å². The van der Waals surface area contributed by atoms with E-state index in [1.807, 2.05) is 25.1 Å². The second kappa shape index (κ2) is 4.85. The normalized spacial score (nSPS) is 10.2. The van der Waals surface area contributed by atoms with E-state index in [-0.39, 0.29) is 0 Å². The first kappa shape index (κ1) is 11.4. The van der Waals surface area contributed by atoms with E-state index in [1.54, 1.807) is 18.3 Å². The Hall–Kier alpha value is -1.06. The molecule has 82 valence electrons. The van der Waals surface area contributed by atoms with Crippen LogP contribution in [0.25, 0.3) is 0 Å². The molecule has 0 fully saturated rings. The molecule has 2 rings (SSSR count). The summed E-state index contributed by atoms with van der Waals surface area (Å²) in [5, 5.41) is 0.597. The van der Waals surface area contributed by atoms with Gasteiger partial charge in [-0.3, -0.25) is 0 Å². The van der Waals surface area contributed by atoms with E-state index >= 15 is 0 Å². The number of nitrogens with zero attached hydrogens (tertiary/aromatic N) is 1. The Morgan fingerprint density at radius 1 is 1.25 bits per heavy atom. The fraction of sp³-hybridized carbons (Fsp3) is 0.0833. The maximum absolute atomic E-state index is 5.74. The van der Waals surface area contributed by atoms with Crippen LogP contribution in [-0.4, -0.2) is 4.98 Å². The van der Waals surface area contributed by atoms with Crippen molar-refractivity contribution in [2.45, 2.75) is 6.92 Å². The first-order valence-corrected chi connectivity index (χ1v) is 5.88. The summed E-state index contributed by atoms with van der Waals surface area (Å²) in [5.41, 5.74) is 1.12. The van der Waals surface area contributed by atoms with Gasteiger partial charge in [-0.1, -0.05) is 27.5 Å². The molecule has 16 heavy (non-hydrogen) atoms. The van der Waals surface area contributed by atoms with E-state index in [4.69, 9.17) is 16.3 Å². The number of aryl methyl sites for hydroxylation is 1. The molecule has 0 aliphatic heterocycles. The highest BCUT2D eigenvalue weighted by Gasteiger charge is 2.01. The van der Waals surface area contributed by atoms with Gasteiger partial charge in [0.1, 0.15) is 5.75 Å². The number of halogens is 2. The summed E-state index contributed by atoms with van der Waals surface area (Å²) in [6, 6.07) is 9.25. The number of benzene rings is 1. The van der Waals surface area contributed by atoms with Gasteiger partial charge >= 0.3 is 0 Å². The molecule has 2 aromatic rings. The molecule has 0 amide bonds. The zero-order chi connectivity index (χ0) is 11.5. The zero-order valence-electron chi connectivity index (χ0n) is 8.58. The SMILES string of the molecule is Cc1cc(Oc2ccc(Cl)cn2)ccc1Br. The third-order valence-electron chi connectivity index (χ3n) is 2.05. The highest BCUT2D eigenvalue weighted by Crippen LogP contribution is 2.25. The van der Waals surface area contributed by atoms with Crippen LogP contribution >= 0.6 is 27.5 Å². The maximum atomic E-state index is 5.74. The van der Waals surface area contributed by atoms with Crippen LogP contribution in [0.2, 0.25) is 5.02 Å². The molecule has 2 nitrogen and oxygen atoms in total. The lowest BCUT2D eigenvalue weighted by atomic mass is 10.2. The van der Waals surface area contributed by atoms with Crippen LogP contribution in [0.1, 0.15) is 5.56 Å². The minimum atomic E-state index is 0.533. The van der Waals surface area contributed by atoms with Gasteiger partial charge in [0.2, 0.25) is 5.88 Å². The number of aromatic nitrogens is 1. The fourth-order valence-electron chi connectivity index (χ4n) is 1.22. The Morgan fingerprint density at radius 3 is 2.69 bits per heavy atom. The van der Waals surface area contributed by atoms with Gasteiger partial charge in [-0.15, -0.1) is 0 Å². The van der Waals surface area contributed by atoms with E-state index in [9.17, 15) is 0 Å². The van der Waals surface area contributed by atoms with Crippen LogP contribution in [0, 0.1) is 6.92 Å². The monoisotopic (exact) mass is 297 g/mol. The van der Waals surface area contributed by atoms with Crippen molar-refractivity contribution in [1.82, 2.24) is 4.98 Å². The lowest BCUT2D eigenvalue weighted by Gasteiger charge is -2.06. The van der Waals surface area contributed by atoms with Gasteiger partial charge in [0.15, 0.2) is 0 Å². The van der Waals surface area contributed by atoms with Crippen LogP contribution in [0.15, 0.2) is 41.0 Å². The van der Waals surface area contributed by atoms with Crippen LogP contribution in [0.3, 0.4) is 0 Å². The largest absolute Gasteiger partial charge is 0.439 e. The molecule has 1 heterocycles. The number of hydrogen-bond donors (Lipinski definition) is 0. The van der Waals surface area contributed by atoms with Crippen molar-refractivity contribution < 1.29 is 4.74 Å². The van der Waals surface area contributed by atoms with Gasteiger partial charge in [0.05, 0.1) is 5.02 Å². The second-order valence-corrected chi connectivity index (χ2v) is 4.62. The zero-order valence-corrected chi connectivity index (χ0v) is 10.9. The summed E-state index contributed by atoms with van der Waals surface area (Å²) < 4.78 is 6.64. The predicted molar refractivity (Wildman–Crippen MR) is 68.2 cm³/mol. The highest BCUT2D eigenvalue weighted by atomic mass is 79.9. The van der Waals surface area contributed by atoms with Crippen molar-refractivity contribution in [2.75, 3.05) is 0 Å². The molecule has 0 radical (unpaired) electrons. The summed E-state index contributed by atoms with van der Waals surface area (Å²) >= 11 is 9.17. The van der Waals surface area contributed by atoms with E-state index in [0.717, 1.165) is 15.8 Å². The molecule has 0 unspecified atom stereocenters. The molecular formula is C12H9BrClNO. The minimum Gasteiger partial charge on any atom is -0.439 e. The maximum Gasteiger partial charge on any atom is 0.219 e.